The second kappa shape index (κ2) is 3.59. The van der Waals surface area contributed by atoms with Gasteiger partial charge in [-0.05, 0) is 6.42 Å². The molecule has 1 aromatic rings. The van der Waals surface area contributed by atoms with Gasteiger partial charge in [0.1, 0.15) is 0 Å². The van der Waals surface area contributed by atoms with Crippen LogP contribution in [0.25, 0.3) is 0 Å². The molecule has 5 heteroatoms. The number of hydrogen-bond acceptors (Lipinski definition) is 3. The lowest BCUT2D eigenvalue weighted by molar-refractivity contribution is 0.277. The van der Waals surface area contributed by atoms with Crippen molar-refractivity contribution in [3.8, 4) is 5.75 Å². The summed E-state index contributed by atoms with van der Waals surface area (Å²) in [6.07, 6.45) is 1.86. The third-order valence-corrected chi connectivity index (χ3v) is 1.67. The van der Waals surface area contributed by atoms with Crippen LogP contribution in [-0.4, -0.2) is 26.6 Å². The summed E-state index contributed by atoms with van der Waals surface area (Å²) < 4.78 is 1.44. The number of halogens is 1. The van der Waals surface area contributed by atoms with Gasteiger partial charge >= 0.3 is 0 Å². The zero-order chi connectivity index (χ0) is 8.27. The van der Waals surface area contributed by atoms with Gasteiger partial charge in [0.2, 0.25) is 0 Å². The molecule has 0 aliphatic carbocycles. The quantitative estimate of drug-likeness (QED) is 0.710. The van der Waals surface area contributed by atoms with E-state index in [0.717, 1.165) is 0 Å². The number of aromatic hydroxyl groups is 1. The van der Waals surface area contributed by atoms with Crippen molar-refractivity contribution >= 4 is 11.6 Å². The second-order valence-electron chi connectivity index (χ2n) is 2.12. The molecule has 0 aliphatic heterocycles. The average molecular weight is 177 g/mol. The van der Waals surface area contributed by atoms with E-state index >= 15 is 0 Å². The number of aliphatic hydroxyl groups is 1. The maximum Gasteiger partial charge on any atom is 0.172 e. The van der Waals surface area contributed by atoms with Crippen molar-refractivity contribution in [1.82, 2.24) is 9.78 Å². The first kappa shape index (κ1) is 8.36. The Bertz CT molecular complexity index is 236. The summed E-state index contributed by atoms with van der Waals surface area (Å²) in [5.41, 5.74) is 0. The van der Waals surface area contributed by atoms with Gasteiger partial charge in [-0.25, -0.2) is 0 Å². The maximum absolute atomic E-state index is 8.96. The molecule has 0 unspecified atom stereocenters. The van der Waals surface area contributed by atoms with Crippen molar-refractivity contribution in [2.24, 2.45) is 0 Å². The Labute approximate surface area is 69.0 Å². The minimum Gasteiger partial charge on any atom is -0.504 e. The molecule has 0 atom stereocenters. The zero-order valence-electron chi connectivity index (χ0n) is 5.87. The van der Waals surface area contributed by atoms with Gasteiger partial charge in [-0.15, -0.1) is 0 Å². The van der Waals surface area contributed by atoms with Crippen molar-refractivity contribution in [3.63, 3.8) is 0 Å². The summed E-state index contributed by atoms with van der Waals surface area (Å²) in [5.74, 6) is -0.0235. The monoisotopic (exact) mass is 176 g/mol. The van der Waals surface area contributed by atoms with E-state index in [2.05, 4.69) is 5.10 Å². The molecule has 1 rings (SSSR count). The van der Waals surface area contributed by atoms with Gasteiger partial charge in [0, 0.05) is 13.2 Å². The molecule has 0 aromatic carbocycles. The molecule has 1 heterocycles. The first-order chi connectivity index (χ1) is 5.25. The third kappa shape index (κ3) is 1.85. The van der Waals surface area contributed by atoms with Crippen LogP contribution in [0.4, 0.5) is 0 Å². The predicted octanol–water partition coefficient (Wildman–Crippen LogP) is 0.624. The highest BCUT2D eigenvalue weighted by Gasteiger charge is 2.04. The van der Waals surface area contributed by atoms with E-state index < -0.39 is 0 Å². The third-order valence-electron chi connectivity index (χ3n) is 1.29. The largest absolute Gasteiger partial charge is 0.504 e. The minimum atomic E-state index is -0.0235. The van der Waals surface area contributed by atoms with Crippen molar-refractivity contribution in [3.05, 3.63) is 11.3 Å². The number of aliphatic hydroxyl groups excluding tert-OH is 1. The Hall–Kier alpha value is -0.740. The fourth-order valence-electron chi connectivity index (χ4n) is 0.737. The Morgan fingerprint density at radius 2 is 2.36 bits per heavy atom. The summed E-state index contributed by atoms with van der Waals surface area (Å²) in [4.78, 5) is 0. The molecule has 0 aliphatic rings. The van der Waals surface area contributed by atoms with Crippen LogP contribution in [0.15, 0.2) is 6.20 Å². The van der Waals surface area contributed by atoms with Gasteiger partial charge in [-0.2, -0.15) is 5.10 Å². The van der Waals surface area contributed by atoms with Crippen molar-refractivity contribution in [1.29, 1.82) is 0 Å². The van der Waals surface area contributed by atoms with E-state index in [4.69, 9.17) is 21.8 Å². The van der Waals surface area contributed by atoms with E-state index in [1.807, 2.05) is 0 Å². The molecule has 11 heavy (non-hydrogen) atoms. The van der Waals surface area contributed by atoms with Crippen molar-refractivity contribution in [2.45, 2.75) is 13.0 Å². The lowest BCUT2D eigenvalue weighted by atomic mass is 10.4. The molecule has 2 N–H and O–H groups in total. The van der Waals surface area contributed by atoms with E-state index in [-0.39, 0.29) is 17.5 Å². The Morgan fingerprint density at radius 1 is 1.64 bits per heavy atom. The molecular weight excluding hydrogens is 168 g/mol. The molecule has 0 amide bonds. The smallest absolute Gasteiger partial charge is 0.172 e. The normalized spacial score (nSPS) is 10.4. The van der Waals surface area contributed by atoms with Gasteiger partial charge in [-0.1, -0.05) is 11.6 Å². The number of aryl methyl sites for hydroxylation is 1. The van der Waals surface area contributed by atoms with Crippen LogP contribution in [0.1, 0.15) is 6.42 Å². The summed E-state index contributed by atoms with van der Waals surface area (Å²) in [6.45, 7) is 0.618. The van der Waals surface area contributed by atoms with Crippen LogP contribution in [0.5, 0.6) is 5.75 Å². The molecule has 0 saturated heterocycles. The van der Waals surface area contributed by atoms with Crippen LogP contribution < -0.4 is 0 Å². The van der Waals surface area contributed by atoms with Gasteiger partial charge < -0.3 is 10.2 Å². The van der Waals surface area contributed by atoms with Gasteiger partial charge in [0.25, 0.3) is 0 Å². The molecule has 0 bridgehead atoms. The van der Waals surface area contributed by atoms with E-state index in [1.54, 1.807) is 0 Å². The van der Waals surface area contributed by atoms with E-state index in [0.29, 0.717) is 13.0 Å². The summed E-state index contributed by atoms with van der Waals surface area (Å²) in [7, 11) is 0. The molecule has 0 spiro atoms. The van der Waals surface area contributed by atoms with Crippen molar-refractivity contribution < 1.29 is 10.2 Å². The molecule has 0 fully saturated rings. The van der Waals surface area contributed by atoms with Crippen LogP contribution in [-0.2, 0) is 6.54 Å². The summed E-state index contributed by atoms with van der Waals surface area (Å²) in [5, 5.41) is 21.4. The highest BCUT2D eigenvalue weighted by atomic mass is 35.5. The van der Waals surface area contributed by atoms with Crippen LogP contribution in [0, 0.1) is 0 Å². The number of aromatic nitrogens is 2. The van der Waals surface area contributed by atoms with Crippen LogP contribution in [0.3, 0.4) is 0 Å². The first-order valence-corrected chi connectivity index (χ1v) is 3.64. The van der Waals surface area contributed by atoms with Crippen LogP contribution in [0.2, 0.25) is 5.15 Å². The summed E-state index contributed by atoms with van der Waals surface area (Å²) in [6, 6.07) is 0. The molecular formula is C6H9ClN2O2. The number of rotatable bonds is 3. The maximum atomic E-state index is 8.96. The SMILES string of the molecule is OCCCn1ncc(O)c1Cl. The van der Waals surface area contributed by atoms with Crippen LogP contribution >= 0.6 is 11.6 Å². The minimum absolute atomic E-state index is 0.0235. The highest BCUT2D eigenvalue weighted by molar-refractivity contribution is 6.30. The Kier molecular flexibility index (Phi) is 2.73. The van der Waals surface area contributed by atoms with E-state index in [9.17, 15) is 0 Å². The Balaban J connectivity index is 2.63. The molecule has 1 aromatic heterocycles. The van der Waals surface area contributed by atoms with Gasteiger partial charge in [0.15, 0.2) is 10.9 Å². The fourth-order valence-corrected chi connectivity index (χ4v) is 0.914. The summed E-state index contributed by atoms with van der Waals surface area (Å²) >= 11 is 5.61. The number of hydrogen-bond donors (Lipinski definition) is 2. The fraction of sp³-hybridized carbons (Fsp3) is 0.500. The zero-order valence-corrected chi connectivity index (χ0v) is 6.62. The lowest BCUT2D eigenvalue weighted by Crippen LogP contribution is -2.01. The predicted molar refractivity (Wildman–Crippen MR) is 40.6 cm³/mol. The number of nitrogens with zero attached hydrogens (tertiary/aromatic N) is 2. The Morgan fingerprint density at radius 3 is 2.82 bits per heavy atom. The highest BCUT2D eigenvalue weighted by Crippen LogP contribution is 2.21. The van der Waals surface area contributed by atoms with Gasteiger partial charge in [-0.3, -0.25) is 4.68 Å². The second-order valence-corrected chi connectivity index (χ2v) is 2.48. The molecule has 62 valence electrons. The first-order valence-electron chi connectivity index (χ1n) is 3.27. The lowest BCUT2D eigenvalue weighted by Gasteiger charge is -1.99. The van der Waals surface area contributed by atoms with E-state index in [1.165, 1.54) is 10.9 Å². The molecule has 4 nitrogen and oxygen atoms in total. The topological polar surface area (TPSA) is 58.3 Å². The molecule has 0 radical (unpaired) electrons. The average Bonchev–Trinajstić information content (AvgIpc) is 2.31. The van der Waals surface area contributed by atoms with Gasteiger partial charge in [0.05, 0.1) is 6.20 Å². The van der Waals surface area contributed by atoms with Crippen molar-refractivity contribution in [2.75, 3.05) is 6.61 Å². The molecule has 0 saturated carbocycles. The standard InChI is InChI=1S/C6H9ClN2O2/c7-6-5(11)4-8-9(6)2-1-3-10/h4,10-11H,1-3H2.